The van der Waals surface area contributed by atoms with E-state index in [0.717, 1.165) is 44.6 Å². The minimum Gasteiger partial charge on any atom is -0.350 e. The number of anilines is 1. The van der Waals surface area contributed by atoms with Crippen LogP contribution in [0.5, 0.6) is 0 Å². The summed E-state index contributed by atoms with van der Waals surface area (Å²) < 4.78 is 1.71. The average molecular weight is 648 g/mol. The number of halogens is 2. The van der Waals surface area contributed by atoms with E-state index in [1.54, 1.807) is 29.3 Å². The van der Waals surface area contributed by atoms with Gasteiger partial charge in [-0.2, -0.15) is 5.10 Å². The van der Waals surface area contributed by atoms with Gasteiger partial charge in [-0.1, -0.05) is 84.4 Å². The van der Waals surface area contributed by atoms with Crippen molar-refractivity contribution in [2.24, 2.45) is 0 Å². The fourth-order valence-corrected chi connectivity index (χ4v) is 5.95. The number of nitrogens with zero attached hydrogens (tertiary/aromatic N) is 4. The lowest BCUT2D eigenvalue weighted by molar-refractivity contribution is 0.102. The number of allylic oxidation sites excluding steroid dienone is 1. The molecule has 0 fully saturated rings. The standard InChI is InChI=1S/C37H32Cl2N6O/c1-4-44(25(3)27-13-15-28(38)16-14-27)36(24(2)26-10-6-5-7-11-26)34-31-18-17-29(39)22-32(31)42-35(34)37(46)43-33-19-21-41-45(33)23-30-12-8-9-20-40-30/h4-22,25,42H,1,23H2,2-3H3,(H,43,46)/b36-24+. The van der Waals surface area contributed by atoms with E-state index >= 15 is 0 Å². The van der Waals surface area contributed by atoms with Crippen LogP contribution in [0.2, 0.25) is 10.0 Å². The first-order valence-electron chi connectivity index (χ1n) is 14.8. The number of aromatic amines is 1. The highest BCUT2D eigenvalue weighted by Crippen LogP contribution is 2.41. The Morgan fingerprint density at radius 3 is 2.43 bits per heavy atom. The number of aromatic nitrogens is 4. The molecule has 0 saturated heterocycles. The van der Waals surface area contributed by atoms with Crippen LogP contribution in [0, 0.1) is 0 Å². The Kier molecular flexibility index (Phi) is 9.06. The first-order valence-corrected chi connectivity index (χ1v) is 15.6. The van der Waals surface area contributed by atoms with Crippen molar-refractivity contribution in [3.63, 3.8) is 0 Å². The quantitative estimate of drug-likeness (QED) is 0.155. The first-order chi connectivity index (χ1) is 22.3. The molecule has 1 unspecified atom stereocenters. The maximum absolute atomic E-state index is 14.3. The molecule has 46 heavy (non-hydrogen) atoms. The summed E-state index contributed by atoms with van der Waals surface area (Å²) in [6, 6.07) is 30.8. The number of hydrogen-bond donors (Lipinski definition) is 2. The lowest BCUT2D eigenvalue weighted by atomic mass is 9.95. The van der Waals surface area contributed by atoms with Crippen LogP contribution >= 0.6 is 23.2 Å². The number of nitrogens with one attached hydrogen (secondary N) is 2. The normalized spacial score (nSPS) is 12.4. The van der Waals surface area contributed by atoms with Gasteiger partial charge in [0.25, 0.3) is 5.91 Å². The van der Waals surface area contributed by atoms with E-state index in [-0.39, 0.29) is 11.9 Å². The molecule has 0 radical (unpaired) electrons. The van der Waals surface area contributed by atoms with Gasteiger partial charge >= 0.3 is 0 Å². The summed E-state index contributed by atoms with van der Waals surface area (Å²) in [5.74, 6) is 0.213. The molecule has 9 heteroatoms. The molecule has 230 valence electrons. The van der Waals surface area contributed by atoms with Crippen LogP contribution < -0.4 is 5.32 Å². The lowest BCUT2D eigenvalue weighted by Gasteiger charge is -2.32. The van der Waals surface area contributed by atoms with E-state index < -0.39 is 0 Å². The Balaban J connectivity index is 1.51. The molecule has 0 saturated carbocycles. The molecule has 0 aliphatic heterocycles. The van der Waals surface area contributed by atoms with Gasteiger partial charge in [0.2, 0.25) is 0 Å². The Bertz CT molecular complexity index is 2030. The van der Waals surface area contributed by atoms with Crippen LogP contribution in [-0.2, 0) is 6.54 Å². The molecule has 3 aromatic heterocycles. The van der Waals surface area contributed by atoms with E-state index in [1.807, 2.05) is 78.9 Å². The summed E-state index contributed by atoms with van der Waals surface area (Å²) in [6.45, 7) is 8.80. The zero-order valence-corrected chi connectivity index (χ0v) is 26.9. The number of hydrogen-bond acceptors (Lipinski definition) is 4. The Morgan fingerprint density at radius 2 is 1.72 bits per heavy atom. The zero-order chi connectivity index (χ0) is 32.2. The highest BCUT2D eigenvalue weighted by Gasteiger charge is 2.29. The average Bonchev–Trinajstić information content (AvgIpc) is 3.67. The Labute approximate surface area is 277 Å². The van der Waals surface area contributed by atoms with Gasteiger partial charge in [-0.05, 0) is 73.1 Å². The van der Waals surface area contributed by atoms with Crippen molar-refractivity contribution in [3.05, 3.63) is 160 Å². The van der Waals surface area contributed by atoms with E-state index in [2.05, 4.69) is 57.8 Å². The molecule has 0 spiro atoms. The van der Waals surface area contributed by atoms with Crippen LogP contribution in [0.1, 0.15) is 52.8 Å². The molecule has 0 aliphatic rings. The number of H-pyrrole nitrogens is 1. The van der Waals surface area contributed by atoms with Gasteiger partial charge < -0.3 is 15.2 Å². The number of amides is 1. The van der Waals surface area contributed by atoms with Crippen molar-refractivity contribution in [2.45, 2.75) is 26.4 Å². The molecule has 3 heterocycles. The van der Waals surface area contributed by atoms with Crippen molar-refractivity contribution in [1.29, 1.82) is 0 Å². The van der Waals surface area contributed by atoms with Gasteiger partial charge in [0.1, 0.15) is 11.5 Å². The minimum absolute atomic E-state index is 0.156. The van der Waals surface area contributed by atoms with Gasteiger partial charge in [0.05, 0.1) is 30.2 Å². The van der Waals surface area contributed by atoms with Crippen molar-refractivity contribution < 1.29 is 4.79 Å². The molecule has 6 aromatic rings. The van der Waals surface area contributed by atoms with Crippen LogP contribution in [-0.4, -0.2) is 30.6 Å². The van der Waals surface area contributed by atoms with E-state index in [4.69, 9.17) is 23.2 Å². The van der Waals surface area contributed by atoms with Crippen LogP contribution in [0.15, 0.2) is 122 Å². The Morgan fingerprint density at radius 1 is 0.978 bits per heavy atom. The van der Waals surface area contributed by atoms with Crippen molar-refractivity contribution in [1.82, 2.24) is 24.6 Å². The van der Waals surface area contributed by atoms with E-state index in [0.29, 0.717) is 28.1 Å². The van der Waals surface area contributed by atoms with E-state index in [1.165, 1.54) is 0 Å². The van der Waals surface area contributed by atoms with Crippen LogP contribution in [0.25, 0.3) is 22.2 Å². The van der Waals surface area contributed by atoms with Gasteiger partial charge in [-0.3, -0.25) is 9.78 Å². The molecule has 6 rings (SSSR count). The van der Waals surface area contributed by atoms with E-state index in [9.17, 15) is 4.79 Å². The summed E-state index contributed by atoms with van der Waals surface area (Å²) >= 11 is 12.7. The third-order valence-corrected chi connectivity index (χ3v) is 8.49. The van der Waals surface area contributed by atoms with Crippen molar-refractivity contribution >= 4 is 57.1 Å². The summed E-state index contributed by atoms with van der Waals surface area (Å²) in [4.78, 5) is 24.2. The predicted octanol–water partition coefficient (Wildman–Crippen LogP) is 9.46. The highest BCUT2D eigenvalue weighted by atomic mass is 35.5. The maximum Gasteiger partial charge on any atom is 0.273 e. The largest absolute Gasteiger partial charge is 0.350 e. The maximum atomic E-state index is 14.3. The van der Waals surface area contributed by atoms with Crippen molar-refractivity contribution in [2.75, 3.05) is 5.32 Å². The molecule has 1 amide bonds. The SMILES string of the molecule is C=CN(/C(=C(\C)c1ccccc1)c1c(C(=O)Nc2ccnn2Cc2ccccn2)[nH]c2cc(Cl)ccc12)C(C)c1ccc(Cl)cc1. The number of fused-ring (bicyclic) bond motifs is 1. The summed E-state index contributed by atoms with van der Waals surface area (Å²) in [5, 5.41) is 9.59. The minimum atomic E-state index is -0.327. The van der Waals surface area contributed by atoms with Gasteiger partial charge in [0.15, 0.2) is 0 Å². The second-order valence-corrected chi connectivity index (χ2v) is 11.7. The van der Waals surface area contributed by atoms with Crippen LogP contribution in [0.4, 0.5) is 5.82 Å². The molecule has 7 nitrogen and oxygen atoms in total. The molecular formula is C37H32Cl2N6O. The van der Waals surface area contributed by atoms with Gasteiger partial charge in [0, 0.05) is 38.8 Å². The predicted molar refractivity (Wildman–Crippen MR) is 188 cm³/mol. The second-order valence-electron chi connectivity index (χ2n) is 10.9. The number of carbonyl (C=O) groups is 1. The first kappa shape index (κ1) is 30.9. The number of carbonyl (C=O) groups excluding carboxylic acids is 1. The van der Waals surface area contributed by atoms with Gasteiger partial charge in [-0.15, -0.1) is 0 Å². The molecule has 2 N–H and O–H groups in total. The fourth-order valence-electron chi connectivity index (χ4n) is 5.65. The molecule has 0 bridgehead atoms. The second kappa shape index (κ2) is 13.5. The Hall–Kier alpha value is -5.11. The number of pyridine rings is 1. The monoisotopic (exact) mass is 646 g/mol. The topological polar surface area (TPSA) is 78.8 Å². The summed E-state index contributed by atoms with van der Waals surface area (Å²) in [6.07, 6.45) is 5.19. The summed E-state index contributed by atoms with van der Waals surface area (Å²) in [5.41, 5.74) is 6.49. The molecular weight excluding hydrogens is 615 g/mol. The molecule has 1 atom stereocenters. The number of rotatable bonds is 10. The smallest absolute Gasteiger partial charge is 0.273 e. The number of benzene rings is 3. The highest BCUT2D eigenvalue weighted by molar-refractivity contribution is 6.31. The summed E-state index contributed by atoms with van der Waals surface area (Å²) in [7, 11) is 0. The van der Waals surface area contributed by atoms with Gasteiger partial charge in [-0.25, -0.2) is 4.68 Å². The fraction of sp³-hybridized carbons (Fsp3) is 0.108. The zero-order valence-electron chi connectivity index (χ0n) is 25.4. The molecule has 3 aromatic carbocycles. The third kappa shape index (κ3) is 6.33. The van der Waals surface area contributed by atoms with Crippen molar-refractivity contribution in [3.8, 4) is 0 Å². The molecule has 0 aliphatic carbocycles. The third-order valence-electron chi connectivity index (χ3n) is 8.01. The van der Waals surface area contributed by atoms with Crippen LogP contribution in [0.3, 0.4) is 0 Å². The lowest BCUT2D eigenvalue weighted by Crippen LogP contribution is -2.23.